The van der Waals surface area contributed by atoms with Crippen LogP contribution in [0.5, 0.6) is 0 Å². The van der Waals surface area contributed by atoms with Crippen molar-refractivity contribution in [3.8, 4) is 0 Å². The van der Waals surface area contributed by atoms with Gasteiger partial charge in [-0.2, -0.15) is 0 Å². The molecule has 0 fully saturated rings. The van der Waals surface area contributed by atoms with Crippen molar-refractivity contribution in [2.75, 3.05) is 0 Å². The first kappa shape index (κ1) is 21.5. The van der Waals surface area contributed by atoms with Crippen LogP contribution in [0.25, 0.3) is 0 Å². The summed E-state index contributed by atoms with van der Waals surface area (Å²) in [6, 6.07) is 0. The van der Waals surface area contributed by atoms with Gasteiger partial charge in [0.15, 0.2) is 0 Å². The standard InChI is InChI=1S/C10H21.C6H13.BrH.Mg/c1-3-5-7-9-10-8-6-4-2;1-3-5-6-4-2;;/h1,3-10H2,2H3;1,3-6H2,2H3;1H;. The second kappa shape index (κ2) is 20.6. The largest absolute Gasteiger partial charge is 0.364 e. The topological polar surface area (TPSA) is 0 Å². The maximum atomic E-state index is 2.30. The maximum absolute atomic E-state index is 2.30. The molecule has 0 aliphatic rings. The molecule has 0 saturated heterocycles. The molecule has 0 bridgehead atoms. The van der Waals surface area contributed by atoms with Crippen LogP contribution in [0.3, 0.4) is 0 Å². The number of rotatable bonds is 14. The first-order chi connectivity index (χ1) is 8.41. The van der Waals surface area contributed by atoms with Crippen LogP contribution < -0.4 is 0 Å². The van der Waals surface area contributed by atoms with Crippen LogP contribution in [0.2, 0.25) is 9.10 Å². The normalized spacial score (nSPS) is 9.89. The van der Waals surface area contributed by atoms with Gasteiger partial charge < -0.3 is 0 Å². The predicted molar refractivity (Wildman–Crippen MR) is 92.4 cm³/mol. The van der Waals surface area contributed by atoms with Crippen molar-refractivity contribution in [1.29, 1.82) is 0 Å². The molecule has 18 heavy (non-hydrogen) atoms. The summed E-state index contributed by atoms with van der Waals surface area (Å²) < 4.78 is 3.25. The Kier molecular flexibility index (Phi) is 24.6. The lowest BCUT2D eigenvalue weighted by Crippen LogP contribution is -1.90. The summed E-state index contributed by atoms with van der Waals surface area (Å²) in [7, 11) is 0. The van der Waals surface area contributed by atoms with Gasteiger partial charge >= 0.3 is 20.4 Å². The van der Waals surface area contributed by atoms with E-state index in [0.29, 0.717) is 20.4 Å². The van der Waals surface area contributed by atoms with Crippen molar-refractivity contribution in [3.05, 3.63) is 0 Å². The zero-order valence-corrected chi connectivity index (χ0v) is 16.1. The summed E-state index contributed by atoms with van der Waals surface area (Å²) in [5, 5.41) is 0. The fourth-order valence-corrected chi connectivity index (χ4v) is 4.21. The van der Waals surface area contributed by atoms with E-state index < -0.39 is 0 Å². The first-order valence-electron chi connectivity index (χ1n) is 8.41. The average Bonchev–Trinajstić information content (AvgIpc) is 2.35. The molecule has 0 saturated carbocycles. The third-order valence-corrected chi connectivity index (χ3v) is 5.71. The highest BCUT2D eigenvalue weighted by Gasteiger charge is 1.96. The van der Waals surface area contributed by atoms with E-state index in [0.717, 1.165) is 0 Å². The van der Waals surface area contributed by atoms with E-state index in [1.165, 1.54) is 70.6 Å². The molecule has 0 spiro atoms. The quantitative estimate of drug-likeness (QED) is 0.242. The minimum atomic E-state index is 0. The molecule has 0 aliphatic heterocycles. The van der Waals surface area contributed by atoms with Crippen LogP contribution in [-0.4, -0.2) is 20.4 Å². The maximum Gasteiger partial charge on any atom is 0.364 e. The molecule has 0 N–H and O–H groups in total. The van der Waals surface area contributed by atoms with E-state index in [9.17, 15) is 0 Å². The van der Waals surface area contributed by atoms with Gasteiger partial charge in [0.2, 0.25) is 0 Å². The molecule has 0 radical (unpaired) electrons. The van der Waals surface area contributed by atoms with Gasteiger partial charge in [-0.25, -0.2) is 0 Å². The SMILES string of the molecule is Br.CCCCCCCCC[CH2][Mg][CH2]CCCCC. The Bertz CT molecular complexity index is 114. The number of unbranched alkanes of at least 4 members (excludes halogenated alkanes) is 10. The molecule has 0 aromatic heterocycles. The summed E-state index contributed by atoms with van der Waals surface area (Å²) in [5.41, 5.74) is 0. The molecular formula is C16H35BrMg. The van der Waals surface area contributed by atoms with E-state index in [-0.39, 0.29) is 17.0 Å². The lowest BCUT2D eigenvalue weighted by Gasteiger charge is -2.01. The van der Waals surface area contributed by atoms with Gasteiger partial charge in [0.05, 0.1) is 0 Å². The third kappa shape index (κ3) is 19.6. The van der Waals surface area contributed by atoms with Gasteiger partial charge in [-0.15, -0.1) is 26.1 Å². The monoisotopic (exact) mass is 330 g/mol. The highest BCUT2D eigenvalue weighted by molar-refractivity contribution is 8.93. The predicted octanol–water partition coefficient (Wildman–Crippen LogP) is 6.83. The van der Waals surface area contributed by atoms with Gasteiger partial charge in [0.1, 0.15) is 0 Å². The van der Waals surface area contributed by atoms with E-state index in [1.807, 2.05) is 0 Å². The van der Waals surface area contributed by atoms with Crippen LogP contribution >= 0.6 is 17.0 Å². The second-order valence-corrected chi connectivity index (χ2v) is 7.72. The molecular weight excluding hydrogens is 296 g/mol. The van der Waals surface area contributed by atoms with Crippen LogP contribution in [0.15, 0.2) is 0 Å². The Morgan fingerprint density at radius 3 is 1.28 bits per heavy atom. The molecule has 0 heterocycles. The smallest absolute Gasteiger partial charge is 0.146 e. The summed E-state index contributed by atoms with van der Waals surface area (Å²) >= 11 is 0.336. The van der Waals surface area contributed by atoms with Crippen molar-refractivity contribution < 1.29 is 0 Å². The van der Waals surface area contributed by atoms with Crippen LogP contribution in [0, 0.1) is 0 Å². The van der Waals surface area contributed by atoms with E-state index in [1.54, 1.807) is 15.5 Å². The Morgan fingerprint density at radius 2 is 0.833 bits per heavy atom. The molecule has 0 aromatic rings. The molecule has 0 aromatic carbocycles. The van der Waals surface area contributed by atoms with Gasteiger partial charge in [-0.1, -0.05) is 90.9 Å². The summed E-state index contributed by atoms with van der Waals surface area (Å²) in [6.45, 7) is 4.60. The van der Waals surface area contributed by atoms with Gasteiger partial charge in [-0.05, 0) is 0 Å². The number of halogens is 1. The number of hydrogen-bond donors (Lipinski definition) is 0. The Balaban J connectivity index is 0. The summed E-state index contributed by atoms with van der Waals surface area (Å²) in [4.78, 5) is 0. The minimum Gasteiger partial charge on any atom is -0.146 e. The number of hydrogen-bond acceptors (Lipinski definition) is 0. The van der Waals surface area contributed by atoms with Crippen molar-refractivity contribution >= 4 is 37.3 Å². The van der Waals surface area contributed by atoms with Gasteiger partial charge in [0.25, 0.3) is 0 Å². The zero-order chi connectivity index (χ0) is 12.6. The molecule has 0 aliphatic carbocycles. The van der Waals surface area contributed by atoms with Crippen LogP contribution in [-0.2, 0) is 0 Å². The minimum absolute atomic E-state index is 0. The molecule has 0 rings (SSSR count). The van der Waals surface area contributed by atoms with Crippen molar-refractivity contribution in [1.82, 2.24) is 0 Å². The second-order valence-electron chi connectivity index (χ2n) is 5.60. The highest BCUT2D eigenvalue weighted by atomic mass is 79.9. The third-order valence-electron chi connectivity index (χ3n) is 3.71. The Hall–Kier alpha value is 1.25. The van der Waals surface area contributed by atoms with Crippen molar-refractivity contribution in [2.24, 2.45) is 0 Å². The van der Waals surface area contributed by atoms with E-state index in [4.69, 9.17) is 0 Å². The zero-order valence-electron chi connectivity index (χ0n) is 13.0. The molecule has 0 nitrogen and oxygen atoms in total. The fourth-order valence-electron chi connectivity index (χ4n) is 2.44. The molecule has 0 unspecified atom stereocenters. The van der Waals surface area contributed by atoms with Crippen LogP contribution in [0.1, 0.15) is 90.9 Å². The Morgan fingerprint density at radius 1 is 0.500 bits per heavy atom. The van der Waals surface area contributed by atoms with Crippen LogP contribution in [0.4, 0.5) is 0 Å². The molecule has 0 atom stereocenters. The molecule has 108 valence electrons. The lowest BCUT2D eigenvalue weighted by atomic mass is 10.1. The van der Waals surface area contributed by atoms with Gasteiger partial charge in [0, 0.05) is 0 Å². The van der Waals surface area contributed by atoms with Crippen molar-refractivity contribution in [3.63, 3.8) is 0 Å². The Labute approximate surface area is 137 Å². The van der Waals surface area contributed by atoms with E-state index >= 15 is 0 Å². The molecule has 0 amide bonds. The highest BCUT2D eigenvalue weighted by Crippen LogP contribution is 2.10. The van der Waals surface area contributed by atoms with Crippen molar-refractivity contribution in [2.45, 2.75) is 100.0 Å². The lowest BCUT2D eigenvalue weighted by molar-refractivity contribution is 0.584. The van der Waals surface area contributed by atoms with Gasteiger partial charge in [-0.3, -0.25) is 0 Å². The average molecular weight is 332 g/mol. The fraction of sp³-hybridized carbons (Fsp3) is 1.00. The molecule has 2 heteroatoms. The summed E-state index contributed by atoms with van der Waals surface area (Å²) in [6.07, 6.45) is 17.8. The van der Waals surface area contributed by atoms with E-state index in [2.05, 4.69) is 13.8 Å². The summed E-state index contributed by atoms with van der Waals surface area (Å²) in [5.74, 6) is 0. The first-order valence-corrected chi connectivity index (χ1v) is 10.4.